The first-order valence-corrected chi connectivity index (χ1v) is 12.6. The van der Waals surface area contributed by atoms with Crippen LogP contribution in [0.15, 0.2) is 51.8 Å². The van der Waals surface area contributed by atoms with Gasteiger partial charge in [-0.25, -0.2) is 8.42 Å². The van der Waals surface area contributed by atoms with E-state index in [9.17, 15) is 18.0 Å². The summed E-state index contributed by atoms with van der Waals surface area (Å²) >= 11 is 3.40. The van der Waals surface area contributed by atoms with Gasteiger partial charge in [0.15, 0.2) is 5.41 Å². The molecule has 0 spiro atoms. The number of fused-ring (bicyclic) bond motifs is 1. The van der Waals surface area contributed by atoms with Gasteiger partial charge in [0.1, 0.15) is 11.9 Å². The molecule has 4 rings (SSSR count). The maximum Gasteiger partial charge on any atom is 0.323 e. The van der Waals surface area contributed by atoms with Crippen LogP contribution in [0.4, 0.5) is 5.69 Å². The first-order chi connectivity index (χ1) is 15.6. The molecule has 0 amide bonds. The van der Waals surface area contributed by atoms with E-state index in [0.717, 1.165) is 5.56 Å². The van der Waals surface area contributed by atoms with Crippen LogP contribution < -0.4 is 9.04 Å². The van der Waals surface area contributed by atoms with Crippen molar-refractivity contribution < 1.29 is 32.2 Å². The second-order valence-electron chi connectivity index (χ2n) is 8.35. The summed E-state index contributed by atoms with van der Waals surface area (Å²) in [4.78, 5) is 24.9. The maximum atomic E-state index is 13.6. The van der Waals surface area contributed by atoms with E-state index in [1.54, 1.807) is 36.4 Å². The molecule has 1 aliphatic carbocycles. The Balaban J connectivity index is 1.68. The van der Waals surface area contributed by atoms with E-state index in [-0.39, 0.29) is 30.2 Å². The zero-order valence-electron chi connectivity index (χ0n) is 18.4. The number of halogens is 1. The van der Waals surface area contributed by atoms with Gasteiger partial charge in [-0.1, -0.05) is 28.1 Å². The summed E-state index contributed by atoms with van der Waals surface area (Å²) in [5.74, 6) is -1.14. The van der Waals surface area contributed by atoms with Gasteiger partial charge >= 0.3 is 11.9 Å². The fourth-order valence-corrected chi connectivity index (χ4v) is 6.46. The number of ether oxygens (including phenoxy) is 3. The molecule has 0 radical (unpaired) electrons. The highest BCUT2D eigenvalue weighted by Gasteiger charge is 2.61. The number of benzene rings is 2. The highest BCUT2D eigenvalue weighted by molar-refractivity contribution is 9.10. The molecule has 33 heavy (non-hydrogen) atoms. The molecule has 0 bridgehead atoms. The normalized spacial score (nSPS) is 19.6. The van der Waals surface area contributed by atoms with Gasteiger partial charge in [-0.05, 0) is 55.7 Å². The van der Waals surface area contributed by atoms with E-state index < -0.39 is 33.5 Å². The zero-order chi connectivity index (χ0) is 24.0. The SMILES string of the molecule is COC(=O)C1(C(=O)OC)CC([C@H]2CN(S(=O)(=O)c3cccc(C)c3)c3cc(Br)ccc3O2)C1. The van der Waals surface area contributed by atoms with Crippen LogP contribution >= 0.6 is 15.9 Å². The number of nitrogens with zero attached hydrogens (tertiary/aromatic N) is 1. The summed E-state index contributed by atoms with van der Waals surface area (Å²) in [6.07, 6.45) is -0.247. The minimum absolute atomic E-state index is 0.0445. The summed E-state index contributed by atoms with van der Waals surface area (Å²) in [6.45, 7) is 1.88. The molecule has 176 valence electrons. The van der Waals surface area contributed by atoms with E-state index in [2.05, 4.69) is 15.9 Å². The summed E-state index contributed by atoms with van der Waals surface area (Å²) in [5.41, 5.74) is -0.137. The third kappa shape index (κ3) is 3.99. The Morgan fingerprint density at radius 3 is 2.36 bits per heavy atom. The number of carbonyl (C=O) groups excluding carboxylic acids is 2. The van der Waals surface area contributed by atoms with E-state index in [1.165, 1.54) is 18.5 Å². The average Bonchev–Trinajstić information content (AvgIpc) is 2.77. The minimum atomic E-state index is -3.89. The molecule has 0 unspecified atom stereocenters. The number of sulfonamides is 1. The molecule has 1 fully saturated rings. The van der Waals surface area contributed by atoms with Crippen molar-refractivity contribution in [1.29, 1.82) is 0 Å². The van der Waals surface area contributed by atoms with Crippen molar-refractivity contribution in [3.8, 4) is 5.75 Å². The van der Waals surface area contributed by atoms with Crippen molar-refractivity contribution in [2.75, 3.05) is 25.1 Å². The lowest BCUT2D eigenvalue weighted by Gasteiger charge is -2.48. The Hall–Kier alpha value is -2.59. The Morgan fingerprint density at radius 1 is 1.09 bits per heavy atom. The van der Waals surface area contributed by atoms with Crippen molar-refractivity contribution in [3.63, 3.8) is 0 Å². The first kappa shape index (κ1) is 23.6. The van der Waals surface area contributed by atoms with Gasteiger partial charge in [0.25, 0.3) is 10.0 Å². The lowest BCUT2D eigenvalue weighted by atomic mass is 9.60. The molecule has 10 heteroatoms. The molecule has 0 saturated heterocycles. The molecule has 1 aliphatic heterocycles. The summed E-state index contributed by atoms with van der Waals surface area (Å²) in [7, 11) is -1.44. The fourth-order valence-electron chi connectivity index (χ4n) is 4.53. The van der Waals surface area contributed by atoms with E-state index in [4.69, 9.17) is 14.2 Å². The number of esters is 2. The number of hydrogen-bond acceptors (Lipinski definition) is 7. The number of aryl methyl sites for hydroxylation is 1. The van der Waals surface area contributed by atoms with Crippen molar-refractivity contribution >= 4 is 43.6 Å². The van der Waals surface area contributed by atoms with Crippen LogP contribution in [0.2, 0.25) is 0 Å². The van der Waals surface area contributed by atoms with Crippen LogP contribution in [-0.2, 0) is 29.1 Å². The van der Waals surface area contributed by atoms with Gasteiger partial charge < -0.3 is 14.2 Å². The molecule has 8 nitrogen and oxygen atoms in total. The molecule has 1 atom stereocenters. The molecule has 1 saturated carbocycles. The van der Waals surface area contributed by atoms with E-state index in [0.29, 0.717) is 15.9 Å². The number of hydrogen-bond donors (Lipinski definition) is 0. The molecule has 0 N–H and O–H groups in total. The number of rotatable bonds is 5. The lowest BCUT2D eigenvalue weighted by molar-refractivity contribution is -0.183. The predicted octanol–water partition coefficient (Wildman–Crippen LogP) is 3.46. The summed E-state index contributed by atoms with van der Waals surface area (Å²) in [5, 5.41) is 0. The van der Waals surface area contributed by atoms with Gasteiger partial charge in [-0.3, -0.25) is 13.9 Å². The highest BCUT2D eigenvalue weighted by Crippen LogP contribution is 2.52. The van der Waals surface area contributed by atoms with Crippen LogP contribution in [0.5, 0.6) is 5.75 Å². The Bertz CT molecular complexity index is 1190. The third-order valence-corrected chi connectivity index (χ3v) is 8.56. The predicted molar refractivity (Wildman–Crippen MR) is 123 cm³/mol. The number of anilines is 1. The fraction of sp³-hybridized carbons (Fsp3) is 0.391. The Morgan fingerprint density at radius 2 is 1.76 bits per heavy atom. The van der Waals surface area contributed by atoms with Crippen molar-refractivity contribution in [3.05, 3.63) is 52.5 Å². The zero-order valence-corrected chi connectivity index (χ0v) is 20.8. The highest BCUT2D eigenvalue weighted by atomic mass is 79.9. The van der Waals surface area contributed by atoms with Crippen LogP contribution in [0, 0.1) is 18.3 Å². The Kier molecular flexibility index (Phi) is 6.17. The van der Waals surface area contributed by atoms with Crippen molar-refractivity contribution in [1.82, 2.24) is 0 Å². The molecule has 0 aromatic heterocycles. The standard InChI is InChI=1S/C23H24BrNO7S/c1-14-5-4-6-17(9-14)33(28,29)25-13-20(32-19-8-7-16(24)10-18(19)25)15-11-23(12-15,21(26)30-2)22(27)31-3/h4-10,15,20H,11-13H2,1-3H3/t20-/m1/s1. The van der Waals surface area contributed by atoms with Gasteiger partial charge in [-0.2, -0.15) is 0 Å². The van der Waals surface area contributed by atoms with Crippen molar-refractivity contribution in [2.24, 2.45) is 11.3 Å². The quantitative estimate of drug-likeness (QED) is 0.425. The monoisotopic (exact) mass is 537 g/mol. The summed E-state index contributed by atoms with van der Waals surface area (Å²) in [6, 6.07) is 11.9. The van der Waals surface area contributed by atoms with Gasteiger partial charge in [0.05, 0.1) is 31.3 Å². The van der Waals surface area contributed by atoms with Gasteiger partial charge in [-0.15, -0.1) is 0 Å². The molecule has 2 aliphatic rings. The average molecular weight is 538 g/mol. The largest absolute Gasteiger partial charge is 0.486 e. The smallest absolute Gasteiger partial charge is 0.323 e. The van der Waals surface area contributed by atoms with Crippen molar-refractivity contribution in [2.45, 2.75) is 30.8 Å². The Labute approximate surface area is 201 Å². The number of methoxy groups -OCH3 is 2. The van der Waals surface area contributed by atoms with Crippen LogP contribution in [-0.4, -0.2) is 47.2 Å². The van der Waals surface area contributed by atoms with Crippen LogP contribution in [0.3, 0.4) is 0 Å². The maximum absolute atomic E-state index is 13.6. The first-order valence-electron chi connectivity index (χ1n) is 10.3. The van der Waals surface area contributed by atoms with Crippen LogP contribution in [0.25, 0.3) is 0 Å². The second-order valence-corrected chi connectivity index (χ2v) is 11.1. The van der Waals surface area contributed by atoms with E-state index in [1.807, 2.05) is 13.0 Å². The lowest BCUT2D eigenvalue weighted by Crippen LogP contribution is -2.58. The van der Waals surface area contributed by atoms with Crippen LogP contribution in [0.1, 0.15) is 18.4 Å². The summed E-state index contributed by atoms with van der Waals surface area (Å²) < 4.78 is 45.2. The second kappa shape index (κ2) is 8.64. The van der Waals surface area contributed by atoms with Gasteiger partial charge in [0, 0.05) is 10.4 Å². The topological polar surface area (TPSA) is 99.2 Å². The number of carbonyl (C=O) groups is 2. The molecular formula is C23H24BrNO7S. The minimum Gasteiger partial charge on any atom is -0.486 e. The molecule has 2 aromatic carbocycles. The van der Waals surface area contributed by atoms with Gasteiger partial charge in [0.2, 0.25) is 0 Å². The molecular weight excluding hydrogens is 514 g/mol. The molecule has 1 heterocycles. The van der Waals surface area contributed by atoms with E-state index >= 15 is 0 Å². The third-order valence-electron chi connectivity index (χ3n) is 6.29. The molecule has 2 aromatic rings.